The van der Waals surface area contributed by atoms with E-state index in [0.717, 1.165) is 30.4 Å². The zero-order chi connectivity index (χ0) is 14.9. The quantitative estimate of drug-likeness (QED) is 0.474. The van der Waals surface area contributed by atoms with Gasteiger partial charge in [-0.3, -0.25) is 0 Å². The van der Waals surface area contributed by atoms with Gasteiger partial charge in [-0.15, -0.1) is 0 Å². The second-order valence-corrected chi connectivity index (χ2v) is 4.70. The summed E-state index contributed by atoms with van der Waals surface area (Å²) in [5.41, 5.74) is 1.30. The highest BCUT2D eigenvalue weighted by Crippen LogP contribution is 2.29. The van der Waals surface area contributed by atoms with Gasteiger partial charge < -0.3 is 0 Å². The van der Waals surface area contributed by atoms with Crippen LogP contribution in [0.3, 0.4) is 0 Å². The van der Waals surface area contributed by atoms with Gasteiger partial charge in [0.25, 0.3) is 0 Å². The molecule has 0 spiro atoms. The zero-order valence-corrected chi connectivity index (χ0v) is 12.4. The normalized spacial score (nSPS) is 15.0. The van der Waals surface area contributed by atoms with Gasteiger partial charge in [-0.2, -0.15) is 13.2 Å². The predicted molar refractivity (Wildman–Crippen MR) is 76.1 cm³/mol. The lowest BCUT2D eigenvalue weighted by Gasteiger charge is -2.11. The van der Waals surface area contributed by atoms with E-state index < -0.39 is 11.7 Å². The lowest BCUT2D eigenvalue weighted by molar-refractivity contribution is -0.0882. The maximum atomic E-state index is 13.0. The van der Waals surface area contributed by atoms with Gasteiger partial charge in [0.1, 0.15) is 0 Å². The number of rotatable bonds is 7. The fraction of sp³-hybridized carbons (Fsp3) is 0.625. The summed E-state index contributed by atoms with van der Waals surface area (Å²) >= 11 is 0. The summed E-state index contributed by atoms with van der Waals surface area (Å²) in [6, 6.07) is 0. The third-order valence-corrected chi connectivity index (χ3v) is 2.96. The SMILES string of the molecule is CCC/C=C/C(=C\C(CC)=C(/C)CCC)C(F)(F)F. The molecule has 0 rings (SSSR count). The van der Waals surface area contributed by atoms with Crippen LogP contribution in [0.15, 0.2) is 34.9 Å². The van der Waals surface area contributed by atoms with Crippen molar-refractivity contribution in [1.82, 2.24) is 0 Å². The van der Waals surface area contributed by atoms with Crippen LogP contribution in [0.5, 0.6) is 0 Å². The van der Waals surface area contributed by atoms with Gasteiger partial charge in [-0.25, -0.2) is 0 Å². The minimum Gasteiger partial charge on any atom is -0.166 e. The van der Waals surface area contributed by atoms with E-state index in [0.29, 0.717) is 12.8 Å². The number of allylic oxidation sites excluding steroid dienone is 6. The second kappa shape index (κ2) is 9.00. The molecule has 0 saturated heterocycles. The maximum Gasteiger partial charge on any atom is 0.416 e. The highest BCUT2D eigenvalue weighted by Gasteiger charge is 2.31. The molecule has 19 heavy (non-hydrogen) atoms. The van der Waals surface area contributed by atoms with Crippen molar-refractivity contribution in [3.8, 4) is 0 Å². The topological polar surface area (TPSA) is 0 Å². The lowest BCUT2D eigenvalue weighted by Crippen LogP contribution is -2.10. The van der Waals surface area contributed by atoms with Gasteiger partial charge in [0.05, 0.1) is 5.57 Å². The average molecular weight is 274 g/mol. The van der Waals surface area contributed by atoms with Crippen LogP contribution in [-0.2, 0) is 0 Å². The van der Waals surface area contributed by atoms with E-state index in [4.69, 9.17) is 0 Å². The third kappa shape index (κ3) is 7.24. The van der Waals surface area contributed by atoms with E-state index in [2.05, 4.69) is 0 Å². The predicted octanol–water partition coefficient (Wildman–Crippen LogP) is 6.36. The summed E-state index contributed by atoms with van der Waals surface area (Å²) in [4.78, 5) is 0. The molecule has 0 aliphatic heterocycles. The standard InChI is InChI=1S/C16H25F3/c1-5-8-9-11-15(16(17,18)19)12-14(7-3)13(4)10-6-2/h9,11-12H,5-8,10H2,1-4H3/b11-9+,14-13+,15-12+. The van der Waals surface area contributed by atoms with Gasteiger partial charge in [0.2, 0.25) is 0 Å². The van der Waals surface area contributed by atoms with Crippen molar-refractivity contribution in [1.29, 1.82) is 0 Å². The number of alkyl halides is 3. The van der Waals surface area contributed by atoms with Crippen molar-refractivity contribution in [3.05, 3.63) is 34.9 Å². The van der Waals surface area contributed by atoms with E-state index in [1.54, 1.807) is 6.08 Å². The molecule has 0 amide bonds. The minimum absolute atomic E-state index is 0.548. The number of unbranched alkanes of at least 4 members (excludes halogenated alkanes) is 1. The molecule has 0 N–H and O–H groups in total. The Kier molecular flexibility index (Phi) is 8.53. The first-order chi connectivity index (χ1) is 8.86. The van der Waals surface area contributed by atoms with Gasteiger partial charge in [-0.1, -0.05) is 51.3 Å². The van der Waals surface area contributed by atoms with Crippen molar-refractivity contribution < 1.29 is 13.2 Å². The Labute approximate surface area is 115 Å². The fourth-order valence-electron chi connectivity index (χ4n) is 1.85. The molecule has 0 bridgehead atoms. The van der Waals surface area contributed by atoms with Gasteiger partial charge in [-0.05, 0) is 37.8 Å². The highest BCUT2D eigenvalue weighted by molar-refractivity contribution is 5.35. The highest BCUT2D eigenvalue weighted by atomic mass is 19.4. The fourth-order valence-corrected chi connectivity index (χ4v) is 1.85. The van der Waals surface area contributed by atoms with Gasteiger partial charge >= 0.3 is 6.18 Å². The van der Waals surface area contributed by atoms with E-state index in [1.165, 1.54) is 12.2 Å². The van der Waals surface area contributed by atoms with Crippen LogP contribution >= 0.6 is 0 Å². The Bertz CT molecular complexity index is 343. The third-order valence-electron chi connectivity index (χ3n) is 2.96. The molecular weight excluding hydrogens is 249 g/mol. The van der Waals surface area contributed by atoms with Crippen molar-refractivity contribution >= 4 is 0 Å². The van der Waals surface area contributed by atoms with E-state index >= 15 is 0 Å². The monoisotopic (exact) mass is 274 g/mol. The maximum absolute atomic E-state index is 13.0. The Morgan fingerprint density at radius 2 is 1.68 bits per heavy atom. The zero-order valence-electron chi connectivity index (χ0n) is 12.4. The molecule has 0 heterocycles. The Balaban J connectivity index is 5.33. The van der Waals surface area contributed by atoms with Crippen molar-refractivity contribution in [3.63, 3.8) is 0 Å². The second-order valence-electron chi connectivity index (χ2n) is 4.70. The Morgan fingerprint density at radius 3 is 2.11 bits per heavy atom. The Morgan fingerprint density at radius 1 is 1.05 bits per heavy atom. The lowest BCUT2D eigenvalue weighted by atomic mass is 10.00. The van der Waals surface area contributed by atoms with Gasteiger partial charge in [0.15, 0.2) is 0 Å². The summed E-state index contributed by atoms with van der Waals surface area (Å²) in [6.07, 6.45) is 3.79. The molecule has 0 aromatic rings. The Hall–Kier alpha value is -0.990. The average Bonchev–Trinajstić information content (AvgIpc) is 2.32. The van der Waals surface area contributed by atoms with E-state index in [9.17, 15) is 13.2 Å². The molecule has 0 unspecified atom stereocenters. The van der Waals surface area contributed by atoms with Crippen molar-refractivity contribution in [2.45, 2.75) is 66.0 Å². The van der Waals surface area contributed by atoms with Crippen LogP contribution in [0.4, 0.5) is 13.2 Å². The molecule has 0 aliphatic carbocycles. The van der Waals surface area contributed by atoms with Crippen molar-refractivity contribution in [2.75, 3.05) is 0 Å². The van der Waals surface area contributed by atoms with Gasteiger partial charge in [0, 0.05) is 0 Å². The van der Waals surface area contributed by atoms with Crippen LogP contribution in [0.25, 0.3) is 0 Å². The molecule has 0 saturated carbocycles. The minimum atomic E-state index is -4.28. The van der Waals surface area contributed by atoms with E-state index in [-0.39, 0.29) is 0 Å². The van der Waals surface area contributed by atoms with Crippen LogP contribution in [0.1, 0.15) is 59.8 Å². The number of halogens is 3. The molecule has 0 atom stereocenters. The molecule has 3 heteroatoms. The van der Waals surface area contributed by atoms with Crippen LogP contribution < -0.4 is 0 Å². The molecule has 0 aromatic carbocycles. The first-order valence-electron chi connectivity index (χ1n) is 7.00. The van der Waals surface area contributed by atoms with Crippen molar-refractivity contribution in [2.24, 2.45) is 0 Å². The summed E-state index contributed by atoms with van der Waals surface area (Å²) in [5.74, 6) is 0. The first-order valence-corrected chi connectivity index (χ1v) is 7.00. The molecular formula is C16H25F3. The van der Waals surface area contributed by atoms with Crippen LogP contribution in [0.2, 0.25) is 0 Å². The largest absolute Gasteiger partial charge is 0.416 e. The molecule has 0 nitrogen and oxygen atoms in total. The molecule has 0 aliphatic rings. The smallest absolute Gasteiger partial charge is 0.166 e. The number of hydrogen-bond acceptors (Lipinski definition) is 0. The number of hydrogen-bond donors (Lipinski definition) is 0. The summed E-state index contributed by atoms with van der Waals surface area (Å²) in [5, 5.41) is 0. The summed E-state index contributed by atoms with van der Waals surface area (Å²) in [6.45, 7) is 7.80. The van der Waals surface area contributed by atoms with E-state index in [1.807, 2.05) is 27.7 Å². The first kappa shape index (κ1) is 18.0. The van der Waals surface area contributed by atoms with Crippen LogP contribution in [0, 0.1) is 0 Å². The molecule has 0 radical (unpaired) electrons. The van der Waals surface area contributed by atoms with Crippen LogP contribution in [-0.4, -0.2) is 6.18 Å². The molecule has 0 aromatic heterocycles. The molecule has 0 fully saturated rings. The summed E-state index contributed by atoms with van der Waals surface area (Å²) < 4.78 is 38.9. The molecule has 110 valence electrons. The summed E-state index contributed by atoms with van der Waals surface area (Å²) in [7, 11) is 0.